The van der Waals surface area contributed by atoms with Crippen LogP contribution in [0.1, 0.15) is 25.5 Å². The molecule has 2 aliphatic heterocycles. The molecule has 2 heterocycles. The summed E-state index contributed by atoms with van der Waals surface area (Å²) in [6.45, 7) is 5.95. The van der Waals surface area contributed by atoms with Gasteiger partial charge in [0.05, 0.1) is 23.1 Å². The van der Waals surface area contributed by atoms with E-state index in [1.165, 1.54) is 16.4 Å². The zero-order chi connectivity index (χ0) is 26.6. The summed E-state index contributed by atoms with van der Waals surface area (Å²) in [6.07, 6.45) is 0. The number of carbonyl (C=O) groups excluding carboxylic acids is 2. The van der Waals surface area contributed by atoms with Crippen molar-refractivity contribution in [1.29, 1.82) is 0 Å². The van der Waals surface area contributed by atoms with Gasteiger partial charge in [0.25, 0.3) is 0 Å². The van der Waals surface area contributed by atoms with E-state index >= 15 is 0 Å². The van der Waals surface area contributed by atoms with Crippen molar-refractivity contribution in [3.05, 3.63) is 76.5 Å². The van der Waals surface area contributed by atoms with Gasteiger partial charge >= 0.3 is 12.0 Å². The summed E-state index contributed by atoms with van der Waals surface area (Å²) in [4.78, 5) is 30.1. The van der Waals surface area contributed by atoms with Crippen molar-refractivity contribution >= 4 is 33.6 Å². The van der Waals surface area contributed by atoms with Crippen LogP contribution in [0, 0.1) is 0 Å². The molecular weight excluding hydrogens is 516 g/mol. The fourth-order valence-electron chi connectivity index (χ4n) is 4.65. The number of urea groups is 1. The number of hydrogen-bond acceptors (Lipinski definition) is 6. The Bertz CT molecular complexity index is 1260. The number of rotatable bonds is 8. The molecule has 37 heavy (non-hydrogen) atoms. The highest BCUT2D eigenvalue weighted by atomic mass is 35.5. The molecule has 0 saturated carbocycles. The highest BCUT2D eigenvalue weighted by Gasteiger charge is 2.39. The molecule has 0 aliphatic carbocycles. The number of carbonyl (C=O) groups is 2. The summed E-state index contributed by atoms with van der Waals surface area (Å²) >= 11 is 5.91. The van der Waals surface area contributed by atoms with Gasteiger partial charge in [-0.25, -0.2) is 18.0 Å². The Labute approximate surface area is 222 Å². The van der Waals surface area contributed by atoms with Gasteiger partial charge in [-0.2, -0.15) is 4.31 Å². The van der Waals surface area contributed by atoms with Crippen molar-refractivity contribution in [2.24, 2.45) is 0 Å². The van der Waals surface area contributed by atoms with Gasteiger partial charge in [-0.3, -0.25) is 9.80 Å². The molecule has 0 bridgehead atoms. The lowest BCUT2D eigenvalue weighted by Gasteiger charge is -2.40. The molecule has 9 nitrogen and oxygen atoms in total. The lowest BCUT2D eigenvalue weighted by molar-refractivity contribution is -0.139. The first kappa shape index (κ1) is 27.1. The van der Waals surface area contributed by atoms with Crippen LogP contribution in [0.5, 0.6) is 0 Å². The summed E-state index contributed by atoms with van der Waals surface area (Å²) in [5, 5.41) is 3.42. The topological polar surface area (TPSA) is 99.3 Å². The smallest absolute Gasteiger partial charge is 0.338 e. The van der Waals surface area contributed by atoms with Gasteiger partial charge in [0.15, 0.2) is 0 Å². The van der Waals surface area contributed by atoms with Crippen LogP contribution in [0.4, 0.5) is 4.79 Å². The third kappa shape index (κ3) is 5.82. The highest BCUT2D eigenvalue weighted by molar-refractivity contribution is 7.89. The van der Waals surface area contributed by atoms with E-state index in [1.807, 2.05) is 37.3 Å². The predicted octanol–water partition coefficient (Wildman–Crippen LogP) is 3.25. The monoisotopic (exact) mass is 546 g/mol. The van der Waals surface area contributed by atoms with E-state index in [1.54, 1.807) is 24.0 Å². The van der Waals surface area contributed by atoms with E-state index < -0.39 is 22.0 Å². The molecule has 2 aromatic carbocycles. The zero-order valence-corrected chi connectivity index (χ0v) is 22.5. The number of likely N-dealkylation sites (N-methyl/N-ethyl adjacent to an activating group) is 1. The Morgan fingerprint density at radius 1 is 1.03 bits per heavy atom. The van der Waals surface area contributed by atoms with E-state index in [0.29, 0.717) is 42.5 Å². The molecule has 2 amide bonds. The zero-order valence-electron chi connectivity index (χ0n) is 20.9. The van der Waals surface area contributed by atoms with Gasteiger partial charge < -0.3 is 10.1 Å². The number of sulfonamides is 1. The molecule has 1 saturated heterocycles. The largest absolute Gasteiger partial charge is 0.463 e. The number of nitrogens with zero attached hydrogens (tertiary/aromatic N) is 3. The number of hydrogen-bond donors (Lipinski definition) is 1. The van der Waals surface area contributed by atoms with Crippen LogP contribution in [-0.2, 0) is 19.6 Å². The van der Waals surface area contributed by atoms with Gasteiger partial charge in [0.2, 0.25) is 10.0 Å². The SMILES string of the molecule is CCOC(=O)C1=C(CN2CCN(S(=O)(=O)c3ccc(Cl)cc3)CC2)N(CC)C(=O)N[C@H]1c1ccccc1. The van der Waals surface area contributed by atoms with Crippen LogP contribution in [0.3, 0.4) is 0 Å². The van der Waals surface area contributed by atoms with E-state index in [-0.39, 0.29) is 30.6 Å². The van der Waals surface area contributed by atoms with E-state index in [4.69, 9.17) is 16.3 Å². The molecule has 198 valence electrons. The molecule has 0 unspecified atom stereocenters. The van der Waals surface area contributed by atoms with Crippen LogP contribution in [0.2, 0.25) is 5.02 Å². The average Bonchev–Trinajstić information content (AvgIpc) is 2.89. The lowest BCUT2D eigenvalue weighted by Crippen LogP contribution is -2.53. The van der Waals surface area contributed by atoms with Crippen LogP contribution in [0.25, 0.3) is 0 Å². The molecule has 4 rings (SSSR count). The van der Waals surface area contributed by atoms with Crippen LogP contribution in [0.15, 0.2) is 70.8 Å². The van der Waals surface area contributed by atoms with Crippen molar-refractivity contribution in [2.45, 2.75) is 24.8 Å². The quantitative estimate of drug-likeness (QED) is 0.510. The highest BCUT2D eigenvalue weighted by Crippen LogP contribution is 2.32. The van der Waals surface area contributed by atoms with Crippen LogP contribution < -0.4 is 5.32 Å². The Hall–Kier alpha value is -2.92. The maximum absolute atomic E-state index is 13.2. The van der Waals surface area contributed by atoms with Crippen molar-refractivity contribution < 1.29 is 22.7 Å². The van der Waals surface area contributed by atoms with E-state index in [0.717, 1.165) is 5.56 Å². The minimum Gasteiger partial charge on any atom is -0.463 e. The Morgan fingerprint density at radius 2 is 1.68 bits per heavy atom. The molecule has 0 spiro atoms. The summed E-state index contributed by atoms with van der Waals surface area (Å²) in [5.74, 6) is -0.478. The molecule has 2 aliphatic rings. The van der Waals surface area contributed by atoms with Gasteiger partial charge in [0, 0.05) is 50.0 Å². The van der Waals surface area contributed by atoms with Crippen molar-refractivity contribution in [3.63, 3.8) is 0 Å². The minimum atomic E-state index is -3.65. The molecule has 0 aromatic heterocycles. The van der Waals surface area contributed by atoms with Gasteiger partial charge in [-0.1, -0.05) is 41.9 Å². The normalized spacial score (nSPS) is 19.6. The summed E-state index contributed by atoms with van der Waals surface area (Å²) in [6, 6.07) is 14.5. The predicted molar refractivity (Wildman–Crippen MR) is 140 cm³/mol. The van der Waals surface area contributed by atoms with Gasteiger partial charge in [0.1, 0.15) is 0 Å². The van der Waals surface area contributed by atoms with Crippen molar-refractivity contribution in [2.75, 3.05) is 45.9 Å². The number of esters is 1. The molecule has 0 radical (unpaired) electrons. The molecule has 11 heteroatoms. The van der Waals surface area contributed by atoms with E-state index in [9.17, 15) is 18.0 Å². The second kappa shape index (κ2) is 11.6. The fraction of sp³-hybridized carbons (Fsp3) is 0.385. The summed E-state index contributed by atoms with van der Waals surface area (Å²) < 4.78 is 33.0. The minimum absolute atomic E-state index is 0.199. The maximum Gasteiger partial charge on any atom is 0.338 e. The summed E-state index contributed by atoms with van der Waals surface area (Å²) in [7, 11) is -3.65. The Balaban J connectivity index is 1.60. The lowest BCUT2D eigenvalue weighted by atomic mass is 9.94. The molecule has 2 aromatic rings. The summed E-state index contributed by atoms with van der Waals surface area (Å²) in [5.41, 5.74) is 1.75. The van der Waals surface area contributed by atoms with Gasteiger partial charge in [-0.05, 0) is 43.7 Å². The van der Waals surface area contributed by atoms with Crippen LogP contribution >= 0.6 is 11.6 Å². The standard InChI is InChI=1S/C26H31ClN4O5S/c1-3-31-22(23(25(32)36-4-2)24(28-26(31)33)19-8-6-5-7-9-19)18-29-14-16-30(17-15-29)37(34,35)21-12-10-20(27)11-13-21/h5-13,24H,3-4,14-18H2,1-2H3,(H,28,33)/t24-/m0/s1. The molecule has 1 N–H and O–H groups in total. The number of benzene rings is 2. The molecule has 1 fully saturated rings. The van der Waals surface area contributed by atoms with Crippen molar-refractivity contribution in [3.8, 4) is 0 Å². The number of halogens is 1. The third-order valence-corrected chi connectivity index (χ3v) is 8.70. The maximum atomic E-state index is 13.2. The molecule has 1 atom stereocenters. The van der Waals surface area contributed by atoms with Crippen LogP contribution in [-0.4, -0.2) is 80.4 Å². The van der Waals surface area contributed by atoms with Gasteiger partial charge in [-0.15, -0.1) is 0 Å². The first-order valence-electron chi connectivity index (χ1n) is 12.3. The van der Waals surface area contributed by atoms with Crippen molar-refractivity contribution in [1.82, 2.24) is 19.4 Å². The second-order valence-electron chi connectivity index (χ2n) is 8.75. The van der Waals surface area contributed by atoms with E-state index in [2.05, 4.69) is 10.2 Å². The second-order valence-corrected chi connectivity index (χ2v) is 11.1. The average molecular weight is 547 g/mol. The first-order valence-corrected chi connectivity index (χ1v) is 14.1. The Kier molecular flexibility index (Phi) is 8.53. The number of amides is 2. The number of piperazine rings is 1. The number of nitrogens with one attached hydrogen (secondary N) is 1. The molecular formula is C26H31ClN4O5S. The fourth-order valence-corrected chi connectivity index (χ4v) is 6.20. The number of ether oxygens (including phenoxy) is 1. The first-order chi connectivity index (χ1) is 17.8. The Morgan fingerprint density at radius 3 is 2.27 bits per heavy atom. The third-order valence-electron chi connectivity index (χ3n) is 6.54.